The van der Waals surface area contributed by atoms with Gasteiger partial charge in [-0.15, -0.1) is 11.6 Å². The molecule has 0 atom stereocenters. The summed E-state index contributed by atoms with van der Waals surface area (Å²) in [5, 5.41) is 4.47. The average Bonchev–Trinajstić information content (AvgIpc) is 2.91. The van der Waals surface area contributed by atoms with E-state index in [0.717, 1.165) is 35.1 Å². The predicted octanol–water partition coefficient (Wildman–Crippen LogP) is 2.96. The first kappa shape index (κ1) is 13.3. The van der Waals surface area contributed by atoms with Crippen LogP contribution in [0, 0.1) is 12.8 Å². The summed E-state index contributed by atoms with van der Waals surface area (Å²) in [5.74, 6) is 4.75. The molecule has 0 amide bonds. The highest BCUT2D eigenvalue weighted by Gasteiger charge is 2.21. The molecule has 104 valence electrons. The number of hydrogen-bond acceptors (Lipinski definition) is 3. The Bertz CT molecular complexity index is 583. The van der Waals surface area contributed by atoms with Gasteiger partial charge in [-0.05, 0) is 37.2 Å². The van der Waals surface area contributed by atoms with E-state index in [0.29, 0.717) is 5.88 Å². The molecule has 3 heterocycles. The quantitative estimate of drug-likeness (QED) is 0.817. The minimum atomic E-state index is 0.468. The van der Waals surface area contributed by atoms with Crippen molar-refractivity contribution in [3.63, 3.8) is 0 Å². The van der Waals surface area contributed by atoms with Gasteiger partial charge in [0.1, 0.15) is 11.3 Å². The summed E-state index contributed by atoms with van der Waals surface area (Å²) in [5.41, 5.74) is 3.11. The lowest BCUT2D eigenvalue weighted by atomic mass is 10.0. The molecule has 2 aromatic heterocycles. The van der Waals surface area contributed by atoms with E-state index in [4.69, 9.17) is 11.6 Å². The summed E-state index contributed by atoms with van der Waals surface area (Å²) in [6.07, 6.45) is 2.59. The maximum atomic E-state index is 6.07. The van der Waals surface area contributed by atoms with E-state index >= 15 is 0 Å². The number of alkyl halides is 1. The number of hydrogen-bond donors (Lipinski definition) is 0. The standard InChI is InChI=1S/C13H19ClN4S/c1-9-12-13(17(2)16-9)18(11(7-14)15-12)8-10-3-5-19-6-4-10/h10H,3-8H2,1-2H3. The Morgan fingerprint density at radius 3 is 2.79 bits per heavy atom. The van der Waals surface area contributed by atoms with Crippen molar-refractivity contribution in [1.82, 2.24) is 19.3 Å². The molecular formula is C13H19ClN4S. The smallest absolute Gasteiger partial charge is 0.158 e. The molecule has 6 heteroatoms. The molecule has 0 aliphatic carbocycles. The van der Waals surface area contributed by atoms with Gasteiger partial charge in [-0.1, -0.05) is 0 Å². The summed E-state index contributed by atoms with van der Waals surface area (Å²) in [6, 6.07) is 0. The Balaban J connectivity index is 1.99. The molecule has 0 saturated carbocycles. The number of nitrogens with zero attached hydrogens (tertiary/aromatic N) is 4. The second kappa shape index (κ2) is 5.37. The molecule has 0 unspecified atom stereocenters. The van der Waals surface area contributed by atoms with Crippen LogP contribution in [0.4, 0.5) is 0 Å². The normalized spacial score (nSPS) is 17.4. The van der Waals surface area contributed by atoms with Crippen molar-refractivity contribution in [3.8, 4) is 0 Å². The molecule has 0 bridgehead atoms. The van der Waals surface area contributed by atoms with Gasteiger partial charge >= 0.3 is 0 Å². The van der Waals surface area contributed by atoms with Crippen LogP contribution in [0.1, 0.15) is 24.4 Å². The third kappa shape index (κ3) is 2.38. The molecule has 4 nitrogen and oxygen atoms in total. The van der Waals surface area contributed by atoms with Crippen LogP contribution >= 0.6 is 23.4 Å². The van der Waals surface area contributed by atoms with Crippen LogP contribution in [0.3, 0.4) is 0 Å². The molecule has 19 heavy (non-hydrogen) atoms. The maximum Gasteiger partial charge on any atom is 0.158 e. The molecule has 1 aliphatic rings. The van der Waals surface area contributed by atoms with Crippen molar-refractivity contribution < 1.29 is 0 Å². The highest BCUT2D eigenvalue weighted by molar-refractivity contribution is 7.99. The van der Waals surface area contributed by atoms with E-state index in [-0.39, 0.29) is 0 Å². The number of fused-ring (bicyclic) bond motifs is 1. The number of aryl methyl sites for hydroxylation is 2. The molecule has 0 radical (unpaired) electrons. The molecule has 1 aliphatic heterocycles. The SMILES string of the molecule is Cc1nn(C)c2c1nc(CCl)n2CC1CCSCC1. The second-order valence-electron chi connectivity index (χ2n) is 5.21. The summed E-state index contributed by atoms with van der Waals surface area (Å²) in [4.78, 5) is 4.66. The van der Waals surface area contributed by atoms with Gasteiger partial charge in [0.2, 0.25) is 0 Å². The summed E-state index contributed by atoms with van der Waals surface area (Å²) < 4.78 is 4.22. The average molecular weight is 299 g/mol. The summed E-state index contributed by atoms with van der Waals surface area (Å²) >= 11 is 8.13. The number of halogens is 1. The van der Waals surface area contributed by atoms with E-state index in [2.05, 4.69) is 26.4 Å². The van der Waals surface area contributed by atoms with Gasteiger partial charge in [0.15, 0.2) is 5.65 Å². The van der Waals surface area contributed by atoms with Crippen molar-refractivity contribution in [2.24, 2.45) is 13.0 Å². The Hall–Kier alpha value is -0.680. The molecule has 0 N–H and O–H groups in total. The molecule has 3 rings (SSSR count). The van der Waals surface area contributed by atoms with Crippen molar-refractivity contribution in [1.29, 1.82) is 0 Å². The lowest BCUT2D eigenvalue weighted by Crippen LogP contribution is -2.18. The van der Waals surface area contributed by atoms with Gasteiger partial charge in [0.05, 0.1) is 11.6 Å². The number of aromatic nitrogens is 4. The Morgan fingerprint density at radius 2 is 2.11 bits per heavy atom. The lowest BCUT2D eigenvalue weighted by Gasteiger charge is -2.22. The maximum absolute atomic E-state index is 6.07. The predicted molar refractivity (Wildman–Crippen MR) is 80.8 cm³/mol. The van der Waals surface area contributed by atoms with Crippen molar-refractivity contribution in [2.45, 2.75) is 32.2 Å². The summed E-state index contributed by atoms with van der Waals surface area (Å²) in [7, 11) is 1.99. The fourth-order valence-electron chi connectivity index (χ4n) is 2.86. The molecule has 1 fully saturated rings. The molecular weight excluding hydrogens is 280 g/mol. The third-order valence-electron chi connectivity index (χ3n) is 3.87. The van der Waals surface area contributed by atoms with E-state index in [9.17, 15) is 0 Å². The van der Waals surface area contributed by atoms with Crippen LogP contribution in [0.15, 0.2) is 0 Å². The van der Waals surface area contributed by atoms with Crippen molar-refractivity contribution >= 4 is 34.5 Å². The molecule has 2 aromatic rings. The Labute approximate surface area is 122 Å². The van der Waals surface area contributed by atoms with Crippen molar-refractivity contribution in [3.05, 3.63) is 11.5 Å². The first-order chi connectivity index (χ1) is 9.20. The van der Waals surface area contributed by atoms with E-state index < -0.39 is 0 Å². The van der Waals surface area contributed by atoms with Gasteiger partial charge in [-0.2, -0.15) is 16.9 Å². The topological polar surface area (TPSA) is 35.6 Å². The van der Waals surface area contributed by atoms with E-state index in [1.807, 2.05) is 18.7 Å². The summed E-state index contributed by atoms with van der Waals surface area (Å²) in [6.45, 7) is 3.03. The Morgan fingerprint density at radius 1 is 1.37 bits per heavy atom. The fraction of sp³-hybridized carbons (Fsp3) is 0.692. The number of imidazole rings is 1. The third-order valence-corrected chi connectivity index (χ3v) is 5.16. The monoisotopic (exact) mass is 298 g/mol. The van der Waals surface area contributed by atoms with Gasteiger partial charge in [0, 0.05) is 13.6 Å². The zero-order valence-corrected chi connectivity index (χ0v) is 13.0. The number of thioether (sulfide) groups is 1. The van der Waals surface area contributed by atoms with E-state index in [1.54, 1.807) is 0 Å². The van der Waals surface area contributed by atoms with E-state index in [1.165, 1.54) is 24.3 Å². The van der Waals surface area contributed by atoms with Crippen LogP contribution in [0.2, 0.25) is 0 Å². The van der Waals surface area contributed by atoms with Crippen molar-refractivity contribution in [2.75, 3.05) is 11.5 Å². The zero-order valence-electron chi connectivity index (χ0n) is 11.4. The van der Waals surface area contributed by atoms with Gasteiger partial charge in [0.25, 0.3) is 0 Å². The van der Waals surface area contributed by atoms with Gasteiger partial charge in [-0.3, -0.25) is 4.68 Å². The number of rotatable bonds is 3. The first-order valence-electron chi connectivity index (χ1n) is 6.73. The largest absolute Gasteiger partial charge is 0.312 e. The lowest BCUT2D eigenvalue weighted by molar-refractivity contribution is 0.414. The molecule has 0 aromatic carbocycles. The zero-order chi connectivity index (χ0) is 13.4. The van der Waals surface area contributed by atoms with Gasteiger partial charge in [-0.25, -0.2) is 4.98 Å². The Kier molecular flexibility index (Phi) is 3.76. The highest BCUT2D eigenvalue weighted by Crippen LogP contribution is 2.27. The van der Waals surface area contributed by atoms with Gasteiger partial charge < -0.3 is 4.57 Å². The van der Waals surface area contributed by atoms with Crippen LogP contribution < -0.4 is 0 Å². The highest BCUT2D eigenvalue weighted by atomic mass is 35.5. The minimum Gasteiger partial charge on any atom is -0.312 e. The van der Waals surface area contributed by atoms with Crippen LogP contribution in [0.5, 0.6) is 0 Å². The first-order valence-corrected chi connectivity index (χ1v) is 8.42. The molecule has 1 saturated heterocycles. The molecule has 0 spiro atoms. The van der Waals surface area contributed by atoms with Crippen LogP contribution in [-0.4, -0.2) is 30.8 Å². The second-order valence-corrected chi connectivity index (χ2v) is 6.70. The van der Waals surface area contributed by atoms with Crippen LogP contribution in [-0.2, 0) is 19.5 Å². The fourth-order valence-corrected chi connectivity index (χ4v) is 4.27. The van der Waals surface area contributed by atoms with Crippen LogP contribution in [0.25, 0.3) is 11.2 Å². The minimum absolute atomic E-state index is 0.468.